The largest absolute Gasteiger partial charge is 0.112 e. The molecular formula is C22H24Si2. The second kappa shape index (κ2) is 5.30. The van der Waals surface area contributed by atoms with Crippen molar-refractivity contribution in [3.8, 4) is 11.1 Å². The van der Waals surface area contributed by atoms with Crippen molar-refractivity contribution in [3.05, 3.63) is 72.8 Å². The molecule has 24 heavy (non-hydrogen) atoms. The fourth-order valence-corrected chi connectivity index (χ4v) is 12.2. The lowest BCUT2D eigenvalue weighted by Crippen LogP contribution is -2.68. The van der Waals surface area contributed by atoms with Crippen molar-refractivity contribution in [3.63, 3.8) is 0 Å². The van der Waals surface area contributed by atoms with E-state index >= 15 is 0 Å². The van der Waals surface area contributed by atoms with Gasteiger partial charge in [0.05, 0.1) is 0 Å². The zero-order chi connectivity index (χ0) is 16.9. The van der Waals surface area contributed by atoms with Gasteiger partial charge in [0.1, 0.15) is 16.1 Å². The van der Waals surface area contributed by atoms with Crippen LogP contribution in [0.5, 0.6) is 0 Å². The van der Waals surface area contributed by atoms with Crippen LogP contribution in [0, 0.1) is 0 Å². The number of fused-ring (bicyclic) bond motifs is 4. The highest BCUT2D eigenvalue weighted by atomic mass is 28.3. The first-order valence-electron chi connectivity index (χ1n) is 8.73. The van der Waals surface area contributed by atoms with Gasteiger partial charge in [0.2, 0.25) is 0 Å². The smallest absolute Gasteiger partial charge is 0.0627 e. The molecule has 0 bridgehead atoms. The molecule has 0 nitrogen and oxygen atoms in total. The molecular weight excluding hydrogens is 320 g/mol. The molecule has 2 heteroatoms. The Balaban J connectivity index is 2.21. The van der Waals surface area contributed by atoms with Crippen LogP contribution in [-0.2, 0) is 0 Å². The van der Waals surface area contributed by atoms with E-state index < -0.39 is 16.1 Å². The lowest BCUT2D eigenvalue weighted by molar-refractivity contribution is 1.60. The summed E-state index contributed by atoms with van der Waals surface area (Å²) in [4.78, 5) is 0. The van der Waals surface area contributed by atoms with Crippen LogP contribution in [0.15, 0.2) is 72.8 Å². The highest BCUT2D eigenvalue weighted by Crippen LogP contribution is 2.24. The highest BCUT2D eigenvalue weighted by Gasteiger charge is 2.39. The zero-order valence-electron chi connectivity index (χ0n) is 14.9. The Labute approximate surface area is 147 Å². The maximum atomic E-state index is 2.52. The van der Waals surface area contributed by atoms with E-state index in [1.54, 1.807) is 20.7 Å². The summed E-state index contributed by atoms with van der Waals surface area (Å²) >= 11 is 0. The Bertz CT molecular complexity index is 846. The molecule has 0 saturated heterocycles. The van der Waals surface area contributed by atoms with Gasteiger partial charge in [-0.2, -0.15) is 0 Å². The first-order valence-corrected chi connectivity index (χ1v) is 14.7. The van der Waals surface area contributed by atoms with Gasteiger partial charge in [-0.15, -0.1) is 0 Å². The van der Waals surface area contributed by atoms with E-state index in [0.29, 0.717) is 0 Å². The number of hydrogen-bond donors (Lipinski definition) is 0. The summed E-state index contributed by atoms with van der Waals surface area (Å²) < 4.78 is 0. The normalized spacial score (nSPS) is 17.0. The molecule has 0 radical (unpaired) electrons. The second-order valence-corrected chi connectivity index (χ2v) is 16.5. The van der Waals surface area contributed by atoms with E-state index in [2.05, 4.69) is 99.0 Å². The second-order valence-electron chi connectivity index (χ2n) is 7.89. The Morgan fingerprint density at radius 1 is 0.417 bits per heavy atom. The van der Waals surface area contributed by atoms with E-state index in [4.69, 9.17) is 0 Å². The van der Waals surface area contributed by atoms with Gasteiger partial charge in [0.15, 0.2) is 0 Å². The third kappa shape index (κ3) is 2.10. The van der Waals surface area contributed by atoms with Crippen LogP contribution in [0.25, 0.3) is 11.1 Å². The third-order valence-electron chi connectivity index (χ3n) is 5.76. The Morgan fingerprint density at radius 2 is 0.708 bits per heavy atom. The molecule has 0 amide bonds. The van der Waals surface area contributed by atoms with Gasteiger partial charge in [0, 0.05) is 0 Å². The summed E-state index contributed by atoms with van der Waals surface area (Å²) in [6, 6.07) is 27.5. The maximum Gasteiger partial charge on any atom is 0.112 e. The van der Waals surface area contributed by atoms with E-state index in [0.717, 1.165) is 0 Å². The highest BCUT2D eigenvalue weighted by molar-refractivity contribution is 7.10. The van der Waals surface area contributed by atoms with Gasteiger partial charge >= 0.3 is 0 Å². The predicted octanol–water partition coefficient (Wildman–Crippen LogP) is 3.31. The van der Waals surface area contributed by atoms with Crippen LogP contribution < -0.4 is 20.7 Å². The lowest BCUT2D eigenvalue weighted by Gasteiger charge is -2.38. The molecule has 3 aromatic rings. The van der Waals surface area contributed by atoms with Gasteiger partial charge in [-0.25, -0.2) is 0 Å². The van der Waals surface area contributed by atoms with Crippen LogP contribution in [-0.4, -0.2) is 16.1 Å². The SMILES string of the molecule is C[Si]1(C)c2ccccc2-c2ccccc2[Si](C)(C)c2ccccc21. The van der Waals surface area contributed by atoms with E-state index in [9.17, 15) is 0 Å². The Kier molecular flexibility index (Phi) is 3.45. The van der Waals surface area contributed by atoms with Crippen LogP contribution in [0.4, 0.5) is 0 Å². The summed E-state index contributed by atoms with van der Waals surface area (Å²) in [5.74, 6) is 0. The summed E-state index contributed by atoms with van der Waals surface area (Å²) in [6.45, 7) is 10.1. The minimum Gasteiger partial charge on any atom is -0.0627 e. The number of benzene rings is 3. The first-order chi connectivity index (χ1) is 11.4. The molecule has 0 fully saturated rings. The molecule has 1 heterocycles. The monoisotopic (exact) mass is 344 g/mol. The standard InChI is InChI=1S/C22H24Si2/c1-23(2)19-13-7-5-11-17(19)18-12-6-8-14-20(18)24(3,4)22-16-10-9-15-21(22)23/h5-16H,1-4H3. The summed E-state index contributed by atoms with van der Waals surface area (Å²) in [7, 11) is -3.47. The molecule has 120 valence electrons. The van der Waals surface area contributed by atoms with Crippen molar-refractivity contribution in [2.75, 3.05) is 0 Å². The number of hydrogen-bond acceptors (Lipinski definition) is 0. The lowest BCUT2D eigenvalue weighted by atomic mass is 10.1. The summed E-state index contributed by atoms with van der Waals surface area (Å²) in [5, 5.41) is 6.39. The molecule has 3 aromatic carbocycles. The molecule has 1 aliphatic heterocycles. The summed E-state index contributed by atoms with van der Waals surface area (Å²) in [5.41, 5.74) is 2.92. The van der Waals surface area contributed by atoms with Crippen LogP contribution in [0.2, 0.25) is 26.2 Å². The Hall–Kier alpha value is -1.91. The van der Waals surface area contributed by atoms with Crippen LogP contribution in [0.3, 0.4) is 0 Å². The molecule has 0 saturated carbocycles. The van der Waals surface area contributed by atoms with Crippen LogP contribution >= 0.6 is 0 Å². The molecule has 0 aliphatic carbocycles. The fourth-order valence-electron chi connectivity index (χ4n) is 4.39. The van der Waals surface area contributed by atoms with Gasteiger partial charge in [-0.3, -0.25) is 0 Å². The fraction of sp³-hybridized carbons (Fsp3) is 0.182. The van der Waals surface area contributed by atoms with Crippen molar-refractivity contribution in [2.45, 2.75) is 26.2 Å². The van der Waals surface area contributed by atoms with Gasteiger partial charge in [0.25, 0.3) is 0 Å². The average molecular weight is 345 g/mol. The topological polar surface area (TPSA) is 0 Å². The maximum absolute atomic E-state index is 2.52. The average Bonchev–Trinajstić information content (AvgIpc) is 2.61. The van der Waals surface area contributed by atoms with Gasteiger partial charge in [-0.05, 0) is 21.5 Å². The summed E-state index contributed by atoms with van der Waals surface area (Å²) in [6.07, 6.45) is 0. The molecule has 0 N–H and O–H groups in total. The molecule has 0 atom stereocenters. The quantitative estimate of drug-likeness (QED) is 0.549. The van der Waals surface area contributed by atoms with Crippen molar-refractivity contribution in [1.29, 1.82) is 0 Å². The molecule has 0 aromatic heterocycles. The first kappa shape index (κ1) is 15.6. The van der Waals surface area contributed by atoms with Crippen molar-refractivity contribution in [2.24, 2.45) is 0 Å². The van der Waals surface area contributed by atoms with E-state index in [1.807, 2.05) is 0 Å². The van der Waals surface area contributed by atoms with Gasteiger partial charge < -0.3 is 0 Å². The predicted molar refractivity (Wildman–Crippen MR) is 112 cm³/mol. The van der Waals surface area contributed by atoms with Gasteiger partial charge in [-0.1, -0.05) is 109 Å². The van der Waals surface area contributed by atoms with Crippen molar-refractivity contribution < 1.29 is 0 Å². The molecule has 1 aliphatic rings. The van der Waals surface area contributed by atoms with Crippen molar-refractivity contribution in [1.82, 2.24) is 0 Å². The molecule has 4 rings (SSSR count). The van der Waals surface area contributed by atoms with Crippen molar-refractivity contribution >= 4 is 36.9 Å². The minimum atomic E-state index is -1.74. The van der Waals surface area contributed by atoms with E-state index in [-0.39, 0.29) is 0 Å². The third-order valence-corrected chi connectivity index (χ3v) is 13.1. The zero-order valence-corrected chi connectivity index (χ0v) is 16.9. The van der Waals surface area contributed by atoms with E-state index in [1.165, 1.54) is 11.1 Å². The number of rotatable bonds is 0. The molecule has 0 unspecified atom stereocenters. The Morgan fingerprint density at radius 3 is 1.08 bits per heavy atom. The molecule has 0 spiro atoms. The minimum absolute atomic E-state index is 1.46. The van der Waals surface area contributed by atoms with Crippen LogP contribution in [0.1, 0.15) is 0 Å².